The van der Waals surface area contributed by atoms with Crippen LogP contribution in [-0.2, 0) is 79.7 Å². The van der Waals surface area contributed by atoms with Crippen molar-refractivity contribution in [3.8, 4) is 11.5 Å². The van der Waals surface area contributed by atoms with Crippen LogP contribution in [-0.4, -0.2) is 97.4 Å². The molecule has 0 saturated heterocycles. The third kappa shape index (κ3) is 27.4. The number of nitrogens with zero attached hydrogens (tertiary/aromatic N) is 1. The summed E-state index contributed by atoms with van der Waals surface area (Å²) in [6.07, 6.45) is 0. The zero-order chi connectivity index (χ0) is 79.9. The van der Waals surface area contributed by atoms with E-state index in [0.29, 0.717) is 36.9 Å². The Kier molecular flexibility index (Phi) is 31.6. The highest BCUT2D eigenvalue weighted by Crippen LogP contribution is 2.43. The molecule has 0 radical (unpaired) electrons. The largest absolute Gasteiger partial charge is 1.00 e. The predicted molar refractivity (Wildman–Crippen MR) is 392 cm³/mol. The first kappa shape index (κ1) is 91.0. The standard InChI is InChI=1S/C18H11F4S.C18H14FS.2C17H24F2O6S.C10H16N.ClH/c19-12-6-13(20)9-17(8-12)23(16-4-2-1-3-5-16)18-10-14(21)7-15(22)11-18;19-15-8-7-13-18(14-15)20(16-9-3-1-4-10-16)17-11-5-2-6-12-17;2*1-15(2,3)11-7-10(8-12(13(11)20)16(4,5)6)14(21)25-9-17(18,19)26(22,23)24;1-11(2,3)9-10-7-5-4-6-8-10;/h1-11H;1-14H;2*7-8,20H,9H2,1-6H3,(H,22,23,24);4-8H,9H2,1-3H3;1H/q2*+1;;;+1;/p-3. The number of hydrogen-bond donors (Lipinski definition) is 2. The number of ether oxygens (including phenoxy) is 2. The Morgan fingerprint density at radius 1 is 0.383 bits per heavy atom. The van der Waals surface area contributed by atoms with Crippen LogP contribution in [0.4, 0.5) is 39.5 Å². The molecule has 0 amide bonds. The zero-order valence-corrected chi connectivity index (χ0v) is 65.6. The number of rotatable bonds is 16. The molecule has 0 aliphatic heterocycles. The zero-order valence-electron chi connectivity index (χ0n) is 61.6. The molecule has 0 fully saturated rings. The number of phenols is 2. The molecule has 107 heavy (non-hydrogen) atoms. The van der Waals surface area contributed by atoms with Crippen molar-refractivity contribution in [3.63, 3.8) is 0 Å². The number of carbonyl (C=O) groups excluding carboxylic acids is 2. The van der Waals surface area contributed by atoms with Gasteiger partial charge in [-0.1, -0.05) is 174 Å². The summed E-state index contributed by atoms with van der Waals surface area (Å²) >= 11 is 0. The maximum atomic E-state index is 13.6. The van der Waals surface area contributed by atoms with E-state index in [1.54, 1.807) is 126 Å². The molecule has 0 aliphatic carbocycles. The van der Waals surface area contributed by atoms with E-state index in [1.165, 1.54) is 70.0 Å². The second-order valence-electron chi connectivity index (χ2n) is 29.3. The lowest BCUT2D eigenvalue weighted by molar-refractivity contribution is -0.884. The van der Waals surface area contributed by atoms with Crippen LogP contribution < -0.4 is 12.4 Å². The maximum absolute atomic E-state index is 13.6. The summed E-state index contributed by atoms with van der Waals surface area (Å²) < 4.78 is 193. The van der Waals surface area contributed by atoms with E-state index in [1.807, 2.05) is 42.5 Å². The molecular weight excluding hydrogens is 1500 g/mol. The van der Waals surface area contributed by atoms with Crippen molar-refractivity contribution in [2.75, 3.05) is 34.4 Å². The fourth-order valence-corrected chi connectivity index (χ4v) is 14.6. The van der Waals surface area contributed by atoms with E-state index in [-0.39, 0.29) is 51.7 Å². The van der Waals surface area contributed by atoms with Gasteiger partial charge >= 0.3 is 22.4 Å². The van der Waals surface area contributed by atoms with E-state index >= 15 is 0 Å². The summed E-state index contributed by atoms with van der Waals surface area (Å²) in [4.78, 5) is 29.1. The van der Waals surface area contributed by atoms with Crippen molar-refractivity contribution in [2.45, 2.75) is 151 Å². The quantitative estimate of drug-likeness (QED) is 0.0305. The molecule has 0 aromatic heterocycles. The highest BCUT2D eigenvalue weighted by atomic mass is 35.5. The molecule has 578 valence electrons. The van der Waals surface area contributed by atoms with Gasteiger partial charge in [-0.2, -0.15) is 17.6 Å². The van der Waals surface area contributed by atoms with Crippen molar-refractivity contribution in [1.29, 1.82) is 0 Å². The minimum atomic E-state index is -5.95. The van der Waals surface area contributed by atoms with Gasteiger partial charge in [0.15, 0.2) is 62.8 Å². The lowest BCUT2D eigenvalue weighted by Gasteiger charge is -2.28. The third-order valence-electron chi connectivity index (χ3n) is 15.0. The first-order chi connectivity index (χ1) is 48.7. The van der Waals surface area contributed by atoms with Gasteiger partial charge in [0, 0.05) is 70.3 Å². The summed E-state index contributed by atoms with van der Waals surface area (Å²) in [5, 5.41) is 11.6. The SMILES string of the molecule is CC(C)(C)c1cc(C(=O)OCC(F)(F)S(=O)(=O)[O-])cc(C(C)(C)C)c1O.CC(C)(C)c1cc(C(=O)OCC(F)(F)S(=O)(=O)[O-])cc(C(C)(C)C)c1O.C[N+](C)(C)Cc1ccccc1.Fc1cc(F)cc([S+](c2ccccc2)c2cc(F)cc(F)c2)c1.Fc1cccc([S+](c2ccccc2)c2ccccc2)c1.[Cl-]. The number of halogens is 10. The number of phenolic OH excluding ortho intramolecular Hbond substituents is 2. The van der Waals surface area contributed by atoms with Crippen LogP contribution in [0.25, 0.3) is 0 Å². The summed E-state index contributed by atoms with van der Waals surface area (Å²) in [5.41, 5.74) is 0.491. The van der Waals surface area contributed by atoms with Crippen LogP contribution in [0.5, 0.6) is 11.5 Å². The first-order valence-electron chi connectivity index (χ1n) is 32.6. The fraction of sp³-hybridized carbons (Fsp3) is 0.300. The average molecular weight is 1590 g/mol. The monoisotopic (exact) mass is 1590 g/mol. The molecule has 0 unspecified atom stereocenters. The smallest absolute Gasteiger partial charge is 0.367 e. The summed E-state index contributed by atoms with van der Waals surface area (Å²) in [5.74, 6) is -5.59. The van der Waals surface area contributed by atoms with Gasteiger partial charge in [-0.15, -0.1) is 0 Å². The van der Waals surface area contributed by atoms with Gasteiger partial charge < -0.3 is 45.7 Å². The van der Waals surface area contributed by atoms with Crippen molar-refractivity contribution < 1.29 is 112 Å². The van der Waals surface area contributed by atoms with Gasteiger partial charge in [0.1, 0.15) is 47.1 Å². The van der Waals surface area contributed by atoms with Crippen LogP contribution in [0.15, 0.2) is 236 Å². The molecule has 0 aliphatic rings. The molecule has 0 heterocycles. The summed E-state index contributed by atoms with van der Waals surface area (Å²) in [7, 11) is -6.58. The van der Waals surface area contributed by atoms with Crippen LogP contribution >= 0.6 is 0 Å². The highest BCUT2D eigenvalue weighted by molar-refractivity contribution is 7.97. The molecule has 2 N–H and O–H groups in total. The van der Waals surface area contributed by atoms with Crippen molar-refractivity contribution >= 4 is 54.0 Å². The number of quaternary nitrogens is 1. The van der Waals surface area contributed by atoms with E-state index in [4.69, 9.17) is 0 Å². The molecule has 0 bridgehead atoms. The predicted octanol–water partition coefficient (Wildman–Crippen LogP) is 15.7. The van der Waals surface area contributed by atoms with Crippen molar-refractivity contribution in [2.24, 2.45) is 0 Å². The normalized spacial score (nSPS) is 12.1. The molecule has 0 atom stereocenters. The lowest BCUT2D eigenvalue weighted by Crippen LogP contribution is -3.00. The molecule has 9 aromatic rings. The van der Waals surface area contributed by atoms with E-state index in [0.717, 1.165) is 28.1 Å². The molecular formula is C80H87ClF9NO12S4. The van der Waals surface area contributed by atoms with E-state index < -0.39 is 112 Å². The topological polar surface area (TPSA) is 207 Å². The fourth-order valence-electron chi connectivity index (χ4n) is 9.91. The Balaban J connectivity index is 0.000000288. The number of hydrogen-bond acceptors (Lipinski definition) is 12. The highest BCUT2D eigenvalue weighted by Gasteiger charge is 2.42. The molecule has 0 spiro atoms. The third-order valence-corrected chi connectivity index (χ3v) is 21.1. The Labute approximate surface area is 633 Å². The molecule has 13 nitrogen and oxygen atoms in total. The van der Waals surface area contributed by atoms with Crippen LogP contribution in [0.3, 0.4) is 0 Å². The Hall–Kier alpha value is -8.34. The Bertz CT molecular complexity index is 4350. The second-order valence-corrected chi connectivity index (χ2v) is 36.4. The minimum Gasteiger partial charge on any atom is -1.00 e. The van der Waals surface area contributed by atoms with Crippen molar-refractivity contribution in [3.05, 3.63) is 274 Å². The number of esters is 2. The average Bonchev–Trinajstić information content (AvgIpc) is 0.783. The van der Waals surface area contributed by atoms with Crippen LogP contribution in [0.1, 0.15) is 132 Å². The molecule has 9 aromatic carbocycles. The molecule has 0 saturated carbocycles. The van der Waals surface area contributed by atoms with Gasteiger partial charge in [0.25, 0.3) is 0 Å². The van der Waals surface area contributed by atoms with E-state index in [2.05, 4.69) is 85.2 Å². The maximum Gasteiger partial charge on any atom is 0.367 e. The minimum absolute atomic E-state index is 0. The van der Waals surface area contributed by atoms with Crippen LogP contribution in [0.2, 0.25) is 0 Å². The van der Waals surface area contributed by atoms with Gasteiger partial charge in [-0.3, -0.25) is 0 Å². The Morgan fingerprint density at radius 3 is 0.888 bits per heavy atom. The molecule has 9 rings (SSSR count). The Morgan fingerprint density at radius 2 is 0.636 bits per heavy atom. The second kappa shape index (κ2) is 37.2. The summed E-state index contributed by atoms with van der Waals surface area (Å²) in [6, 6.07) is 58.3. The number of benzene rings is 9. The van der Waals surface area contributed by atoms with Crippen LogP contribution in [0, 0.1) is 29.1 Å². The lowest BCUT2D eigenvalue weighted by atomic mass is 9.78. The van der Waals surface area contributed by atoms with Gasteiger partial charge in [0.05, 0.1) is 54.1 Å². The number of carbonyl (C=O) groups is 2. The molecule has 27 heteroatoms. The van der Waals surface area contributed by atoms with Gasteiger partial charge in [0.2, 0.25) is 0 Å². The van der Waals surface area contributed by atoms with Crippen molar-refractivity contribution in [1.82, 2.24) is 0 Å². The number of aromatic hydroxyl groups is 2. The van der Waals surface area contributed by atoms with Gasteiger partial charge in [-0.05, 0) is 94.5 Å². The van der Waals surface area contributed by atoms with E-state index in [9.17, 15) is 85.3 Å². The van der Waals surface area contributed by atoms with Gasteiger partial charge in [-0.25, -0.2) is 48.4 Å². The first-order valence-corrected chi connectivity index (χ1v) is 37.9. The number of alkyl halides is 4. The summed E-state index contributed by atoms with van der Waals surface area (Å²) in [6.45, 7) is 18.9.